The van der Waals surface area contributed by atoms with Crippen LogP contribution in [0, 0.1) is 0 Å². The summed E-state index contributed by atoms with van der Waals surface area (Å²) in [5.74, 6) is 1.88. The minimum absolute atomic E-state index is 0.0152. The minimum Gasteiger partial charge on any atom is -0.493 e. The summed E-state index contributed by atoms with van der Waals surface area (Å²) < 4.78 is 18.1. The van der Waals surface area contributed by atoms with Crippen molar-refractivity contribution in [3.63, 3.8) is 0 Å². The molecular formula is C24H27ClN4O4. The van der Waals surface area contributed by atoms with Crippen molar-refractivity contribution in [1.82, 2.24) is 19.6 Å². The van der Waals surface area contributed by atoms with Gasteiger partial charge in [0, 0.05) is 49.5 Å². The van der Waals surface area contributed by atoms with Gasteiger partial charge < -0.3 is 19.1 Å². The molecule has 1 saturated heterocycles. The van der Waals surface area contributed by atoms with Gasteiger partial charge in [-0.3, -0.25) is 9.69 Å². The first kappa shape index (κ1) is 22.9. The second-order valence-electron chi connectivity index (χ2n) is 7.71. The number of methoxy groups -OCH3 is 3. The molecule has 0 bridgehead atoms. The highest BCUT2D eigenvalue weighted by atomic mass is 35.5. The molecule has 1 aromatic heterocycles. The van der Waals surface area contributed by atoms with Crippen LogP contribution in [0.3, 0.4) is 0 Å². The number of carbonyl (C=O) groups is 1. The molecular weight excluding hydrogens is 444 g/mol. The maximum absolute atomic E-state index is 13.0. The Kier molecular flexibility index (Phi) is 7.05. The van der Waals surface area contributed by atoms with Crippen molar-refractivity contribution >= 4 is 17.5 Å². The average molecular weight is 471 g/mol. The molecule has 8 nitrogen and oxygen atoms in total. The zero-order chi connectivity index (χ0) is 23.4. The van der Waals surface area contributed by atoms with E-state index in [0.717, 1.165) is 24.3 Å². The summed E-state index contributed by atoms with van der Waals surface area (Å²) in [4.78, 5) is 17.2. The number of aromatic nitrogens is 2. The molecule has 0 spiro atoms. The lowest BCUT2D eigenvalue weighted by atomic mass is 10.1. The monoisotopic (exact) mass is 470 g/mol. The lowest BCUT2D eigenvalue weighted by Gasteiger charge is -2.34. The first-order valence-corrected chi connectivity index (χ1v) is 11.0. The zero-order valence-corrected chi connectivity index (χ0v) is 19.7. The van der Waals surface area contributed by atoms with Crippen LogP contribution in [-0.4, -0.2) is 73.0 Å². The fourth-order valence-corrected chi connectivity index (χ4v) is 4.11. The van der Waals surface area contributed by atoms with Gasteiger partial charge in [0.15, 0.2) is 11.5 Å². The number of hydrogen-bond acceptors (Lipinski definition) is 6. The number of hydrogen-bond donors (Lipinski definition) is 0. The molecule has 1 amide bonds. The standard InChI is InChI=1S/C24H27ClN4O4/c1-31-21-9-4-17(22(32-2)23(21)33-3)15-27-10-12-28(13-11-27)24(30)18-14-26-29(16-18)20-7-5-19(25)6-8-20/h4-9,14,16H,10-13,15H2,1-3H3. The van der Waals surface area contributed by atoms with E-state index in [1.807, 2.05) is 29.2 Å². The van der Waals surface area contributed by atoms with Gasteiger partial charge in [0.1, 0.15) is 0 Å². The number of halogens is 1. The van der Waals surface area contributed by atoms with Gasteiger partial charge in [-0.1, -0.05) is 17.7 Å². The molecule has 0 N–H and O–H groups in total. The van der Waals surface area contributed by atoms with Crippen LogP contribution in [0.5, 0.6) is 17.2 Å². The van der Waals surface area contributed by atoms with E-state index in [9.17, 15) is 4.79 Å². The predicted octanol–water partition coefficient (Wildman–Crippen LogP) is 3.51. The Balaban J connectivity index is 1.38. The summed E-state index contributed by atoms with van der Waals surface area (Å²) in [7, 11) is 4.83. The molecule has 2 aromatic carbocycles. The van der Waals surface area contributed by atoms with Crippen LogP contribution in [0.1, 0.15) is 15.9 Å². The van der Waals surface area contributed by atoms with E-state index < -0.39 is 0 Å². The smallest absolute Gasteiger partial charge is 0.257 e. The topological polar surface area (TPSA) is 69.1 Å². The van der Waals surface area contributed by atoms with E-state index in [2.05, 4.69) is 10.00 Å². The summed E-state index contributed by atoms with van der Waals surface area (Å²) in [5.41, 5.74) is 2.44. The molecule has 4 rings (SSSR count). The third-order valence-electron chi connectivity index (χ3n) is 5.76. The van der Waals surface area contributed by atoms with Crippen molar-refractivity contribution in [2.24, 2.45) is 0 Å². The average Bonchev–Trinajstić information content (AvgIpc) is 3.34. The Morgan fingerprint density at radius 3 is 2.27 bits per heavy atom. The van der Waals surface area contributed by atoms with Crippen molar-refractivity contribution in [3.05, 3.63) is 64.9 Å². The second-order valence-corrected chi connectivity index (χ2v) is 8.15. The fraction of sp³-hybridized carbons (Fsp3) is 0.333. The number of piperazine rings is 1. The Hall–Kier alpha value is -3.23. The highest BCUT2D eigenvalue weighted by Crippen LogP contribution is 2.40. The minimum atomic E-state index is -0.0152. The summed E-state index contributed by atoms with van der Waals surface area (Å²) >= 11 is 5.95. The number of carbonyl (C=O) groups excluding carboxylic acids is 1. The second kappa shape index (κ2) is 10.1. The van der Waals surface area contributed by atoms with Crippen LogP contribution in [-0.2, 0) is 6.54 Å². The molecule has 0 unspecified atom stereocenters. The summed E-state index contributed by atoms with van der Waals surface area (Å²) in [5, 5.41) is 4.99. The van der Waals surface area contributed by atoms with Gasteiger partial charge in [0.2, 0.25) is 5.75 Å². The number of rotatable bonds is 7. The Labute approximate surface area is 198 Å². The van der Waals surface area contributed by atoms with E-state index in [0.29, 0.717) is 47.5 Å². The lowest BCUT2D eigenvalue weighted by molar-refractivity contribution is 0.0627. The summed E-state index contributed by atoms with van der Waals surface area (Å²) in [6, 6.07) is 11.2. The third-order valence-corrected chi connectivity index (χ3v) is 6.01. The van der Waals surface area contributed by atoms with Crippen molar-refractivity contribution in [1.29, 1.82) is 0 Å². The van der Waals surface area contributed by atoms with Gasteiger partial charge in [-0.15, -0.1) is 0 Å². The molecule has 0 saturated carbocycles. The maximum atomic E-state index is 13.0. The Bertz CT molecular complexity index is 1110. The molecule has 3 aromatic rings. The van der Waals surface area contributed by atoms with Crippen LogP contribution in [0.4, 0.5) is 0 Å². The molecule has 2 heterocycles. The van der Waals surface area contributed by atoms with Gasteiger partial charge >= 0.3 is 0 Å². The van der Waals surface area contributed by atoms with Crippen molar-refractivity contribution in [2.75, 3.05) is 47.5 Å². The van der Waals surface area contributed by atoms with E-state index in [1.54, 1.807) is 50.5 Å². The number of benzene rings is 2. The van der Waals surface area contributed by atoms with Crippen LogP contribution in [0.15, 0.2) is 48.8 Å². The highest BCUT2D eigenvalue weighted by Gasteiger charge is 2.25. The molecule has 1 aliphatic heterocycles. The van der Waals surface area contributed by atoms with E-state index in [-0.39, 0.29) is 5.91 Å². The quantitative estimate of drug-likeness (QED) is 0.526. The molecule has 0 aliphatic carbocycles. The molecule has 1 fully saturated rings. The molecule has 33 heavy (non-hydrogen) atoms. The Morgan fingerprint density at radius 2 is 1.64 bits per heavy atom. The van der Waals surface area contributed by atoms with E-state index in [4.69, 9.17) is 25.8 Å². The first-order chi connectivity index (χ1) is 16.0. The van der Waals surface area contributed by atoms with E-state index in [1.165, 1.54) is 0 Å². The van der Waals surface area contributed by atoms with Crippen LogP contribution < -0.4 is 14.2 Å². The zero-order valence-electron chi connectivity index (χ0n) is 19.0. The third kappa shape index (κ3) is 4.91. The highest BCUT2D eigenvalue weighted by molar-refractivity contribution is 6.30. The Morgan fingerprint density at radius 1 is 0.939 bits per heavy atom. The summed E-state index contributed by atoms with van der Waals surface area (Å²) in [6.07, 6.45) is 3.37. The van der Waals surface area contributed by atoms with Gasteiger partial charge in [0.05, 0.1) is 38.8 Å². The first-order valence-electron chi connectivity index (χ1n) is 10.6. The van der Waals surface area contributed by atoms with Gasteiger partial charge in [-0.2, -0.15) is 5.10 Å². The van der Waals surface area contributed by atoms with Crippen molar-refractivity contribution in [3.8, 4) is 22.9 Å². The predicted molar refractivity (Wildman–Crippen MR) is 126 cm³/mol. The van der Waals surface area contributed by atoms with Crippen molar-refractivity contribution in [2.45, 2.75) is 6.54 Å². The van der Waals surface area contributed by atoms with Crippen LogP contribution in [0.2, 0.25) is 5.02 Å². The van der Waals surface area contributed by atoms with E-state index >= 15 is 0 Å². The molecule has 0 radical (unpaired) electrons. The molecule has 1 aliphatic rings. The number of nitrogens with zero attached hydrogens (tertiary/aromatic N) is 4. The number of ether oxygens (including phenoxy) is 3. The van der Waals surface area contributed by atoms with Crippen LogP contribution >= 0.6 is 11.6 Å². The normalized spacial score (nSPS) is 14.2. The molecule has 0 atom stereocenters. The molecule has 9 heteroatoms. The SMILES string of the molecule is COc1ccc(CN2CCN(C(=O)c3cnn(-c4ccc(Cl)cc4)c3)CC2)c(OC)c1OC. The van der Waals surface area contributed by atoms with Crippen molar-refractivity contribution < 1.29 is 19.0 Å². The van der Waals surface area contributed by atoms with Gasteiger partial charge in [-0.05, 0) is 30.3 Å². The largest absolute Gasteiger partial charge is 0.493 e. The van der Waals surface area contributed by atoms with Crippen LogP contribution in [0.25, 0.3) is 5.69 Å². The maximum Gasteiger partial charge on any atom is 0.257 e. The van der Waals surface area contributed by atoms with Gasteiger partial charge in [0.25, 0.3) is 5.91 Å². The summed E-state index contributed by atoms with van der Waals surface area (Å²) in [6.45, 7) is 3.49. The lowest BCUT2D eigenvalue weighted by Crippen LogP contribution is -2.48. The molecule has 174 valence electrons. The fourth-order valence-electron chi connectivity index (χ4n) is 3.99. The number of amides is 1. The van der Waals surface area contributed by atoms with Gasteiger partial charge in [-0.25, -0.2) is 4.68 Å².